The Morgan fingerprint density at radius 1 is 0.769 bits per heavy atom. The summed E-state index contributed by atoms with van der Waals surface area (Å²) in [5, 5.41) is 0. The lowest BCUT2D eigenvalue weighted by Gasteiger charge is -2.27. The molecule has 0 aromatic rings. The van der Waals surface area contributed by atoms with Crippen molar-refractivity contribution in [2.75, 3.05) is 13.2 Å². The minimum absolute atomic E-state index is 0.337. The van der Waals surface area contributed by atoms with Crippen LogP contribution in [0.3, 0.4) is 0 Å². The molecule has 0 aliphatic rings. The van der Waals surface area contributed by atoms with Gasteiger partial charge in [0.25, 0.3) is 0 Å². The van der Waals surface area contributed by atoms with E-state index >= 15 is 0 Å². The first-order valence-electron chi connectivity index (χ1n) is 5.41. The van der Waals surface area contributed by atoms with E-state index in [-0.39, 0.29) is 0 Å². The molecule has 0 heterocycles. The summed E-state index contributed by atoms with van der Waals surface area (Å²) in [7, 11) is 0. The molecule has 0 saturated carbocycles. The molecule has 0 saturated heterocycles. The highest BCUT2D eigenvalue weighted by Crippen LogP contribution is 2.23. The van der Waals surface area contributed by atoms with Crippen LogP contribution in [-0.2, 0) is 4.74 Å². The summed E-state index contributed by atoms with van der Waals surface area (Å²) in [6, 6.07) is 0. The van der Waals surface area contributed by atoms with Crippen LogP contribution in [0.4, 0.5) is 0 Å². The molecule has 0 aliphatic carbocycles. The van der Waals surface area contributed by atoms with Crippen LogP contribution in [0.15, 0.2) is 0 Å². The molecule has 0 radical (unpaired) electrons. The molecule has 0 spiro atoms. The van der Waals surface area contributed by atoms with Gasteiger partial charge in [-0.1, -0.05) is 41.5 Å². The summed E-state index contributed by atoms with van der Waals surface area (Å²) in [5.74, 6) is 0. The topological polar surface area (TPSA) is 9.23 Å². The molecule has 80 valence electrons. The SMILES string of the molecule is CCC(C)(C)COCC(C)(C)CC. The van der Waals surface area contributed by atoms with Crippen molar-refractivity contribution in [1.29, 1.82) is 0 Å². The number of hydrogen-bond acceptors (Lipinski definition) is 1. The first kappa shape index (κ1) is 13.0. The third-order valence-corrected chi connectivity index (χ3v) is 2.90. The van der Waals surface area contributed by atoms with Gasteiger partial charge in [-0.05, 0) is 23.7 Å². The maximum absolute atomic E-state index is 5.74. The molecule has 0 unspecified atom stereocenters. The minimum Gasteiger partial charge on any atom is -0.380 e. The number of hydrogen-bond donors (Lipinski definition) is 0. The van der Waals surface area contributed by atoms with Crippen molar-refractivity contribution < 1.29 is 4.74 Å². The molecule has 1 nitrogen and oxygen atoms in total. The maximum Gasteiger partial charge on any atom is 0.0517 e. The summed E-state index contributed by atoms with van der Waals surface area (Å²) in [4.78, 5) is 0. The van der Waals surface area contributed by atoms with Gasteiger partial charge in [-0.2, -0.15) is 0 Å². The fourth-order valence-corrected chi connectivity index (χ4v) is 0.808. The van der Waals surface area contributed by atoms with E-state index in [1.54, 1.807) is 0 Å². The molecular formula is C12H26O. The Kier molecular flexibility index (Phi) is 4.98. The Bertz CT molecular complexity index is 120. The quantitative estimate of drug-likeness (QED) is 0.612. The van der Waals surface area contributed by atoms with E-state index in [0.29, 0.717) is 10.8 Å². The molecule has 0 bridgehead atoms. The van der Waals surface area contributed by atoms with Crippen LogP contribution in [0.1, 0.15) is 54.4 Å². The third-order valence-electron chi connectivity index (χ3n) is 2.90. The lowest BCUT2D eigenvalue weighted by atomic mass is 9.90. The predicted octanol–water partition coefficient (Wildman–Crippen LogP) is 3.88. The zero-order valence-corrected chi connectivity index (χ0v) is 10.2. The van der Waals surface area contributed by atoms with Crippen LogP contribution in [0.2, 0.25) is 0 Å². The molecule has 1 heteroatoms. The summed E-state index contributed by atoms with van der Waals surface area (Å²) >= 11 is 0. The van der Waals surface area contributed by atoms with Gasteiger partial charge in [0.1, 0.15) is 0 Å². The van der Waals surface area contributed by atoms with Crippen LogP contribution in [0, 0.1) is 10.8 Å². The van der Waals surface area contributed by atoms with Crippen LogP contribution in [0.25, 0.3) is 0 Å². The molecule has 0 N–H and O–H groups in total. The van der Waals surface area contributed by atoms with E-state index in [1.807, 2.05) is 0 Å². The Morgan fingerprint density at radius 3 is 1.31 bits per heavy atom. The van der Waals surface area contributed by atoms with E-state index < -0.39 is 0 Å². The van der Waals surface area contributed by atoms with Crippen molar-refractivity contribution in [2.45, 2.75) is 54.4 Å². The summed E-state index contributed by atoms with van der Waals surface area (Å²) in [6.07, 6.45) is 2.36. The third kappa shape index (κ3) is 6.09. The summed E-state index contributed by atoms with van der Waals surface area (Å²) in [6.45, 7) is 15.2. The summed E-state index contributed by atoms with van der Waals surface area (Å²) < 4.78 is 5.74. The molecular weight excluding hydrogens is 160 g/mol. The van der Waals surface area contributed by atoms with E-state index in [0.717, 1.165) is 13.2 Å². The zero-order chi connectivity index (χ0) is 10.5. The zero-order valence-electron chi connectivity index (χ0n) is 10.2. The number of ether oxygens (including phenoxy) is 1. The van der Waals surface area contributed by atoms with E-state index in [4.69, 9.17) is 4.74 Å². The monoisotopic (exact) mass is 186 g/mol. The van der Waals surface area contributed by atoms with Crippen molar-refractivity contribution >= 4 is 0 Å². The maximum atomic E-state index is 5.74. The highest BCUT2D eigenvalue weighted by Gasteiger charge is 2.19. The van der Waals surface area contributed by atoms with E-state index in [9.17, 15) is 0 Å². The van der Waals surface area contributed by atoms with Crippen molar-refractivity contribution in [3.8, 4) is 0 Å². The van der Waals surface area contributed by atoms with Gasteiger partial charge in [-0.3, -0.25) is 0 Å². The predicted molar refractivity (Wildman–Crippen MR) is 59.0 cm³/mol. The fourth-order valence-electron chi connectivity index (χ4n) is 0.808. The smallest absolute Gasteiger partial charge is 0.0517 e. The second-order valence-corrected chi connectivity index (χ2v) is 5.53. The lowest BCUT2D eigenvalue weighted by Crippen LogP contribution is -2.24. The van der Waals surface area contributed by atoms with E-state index in [2.05, 4.69) is 41.5 Å². The van der Waals surface area contributed by atoms with Gasteiger partial charge in [0, 0.05) is 0 Å². The molecule has 13 heavy (non-hydrogen) atoms. The fraction of sp³-hybridized carbons (Fsp3) is 1.00. The second-order valence-electron chi connectivity index (χ2n) is 5.53. The molecule has 0 aromatic heterocycles. The van der Waals surface area contributed by atoms with Crippen LogP contribution in [-0.4, -0.2) is 13.2 Å². The van der Waals surface area contributed by atoms with Gasteiger partial charge in [-0.15, -0.1) is 0 Å². The normalized spacial score (nSPS) is 13.4. The molecule has 0 amide bonds. The van der Waals surface area contributed by atoms with Crippen molar-refractivity contribution in [1.82, 2.24) is 0 Å². The Balaban J connectivity index is 3.68. The van der Waals surface area contributed by atoms with Crippen molar-refractivity contribution in [2.24, 2.45) is 10.8 Å². The molecule has 0 fully saturated rings. The van der Waals surface area contributed by atoms with Gasteiger partial charge in [0.05, 0.1) is 13.2 Å². The molecule has 0 aliphatic heterocycles. The van der Waals surface area contributed by atoms with Gasteiger partial charge in [-0.25, -0.2) is 0 Å². The Morgan fingerprint density at radius 2 is 1.08 bits per heavy atom. The van der Waals surface area contributed by atoms with Crippen LogP contribution in [0.5, 0.6) is 0 Å². The van der Waals surface area contributed by atoms with Crippen molar-refractivity contribution in [3.05, 3.63) is 0 Å². The largest absolute Gasteiger partial charge is 0.380 e. The highest BCUT2D eigenvalue weighted by atomic mass is 16.5. The minimum atomic E-state index is 0.337. The number of rotatable bonds is 6. The molecule has 0 aromatic carbocycles. The Hall–Kier alpha value is -0.0400. The summed E-state index contributed by atoms with van der Waals surface area (Å²) in [5.41, 5.74) is 0.674. The first-order valence-corrected chi connectivity index (χ1v) is 5.41. The highest BCUT2D eigenvalue weighted by molar-refractivity contribution is 4.68. The molecule has 0 rings (SSSR count). The van der Waals surface area contributed by atoms with E-state index in [1.165, 1.54) is 12.8 Å². The average molecular weight is 186 g/mol. The van der Waals surface area contributed by atoms with Gasteiger partial charge < -0.3 is 4.74 Å². The standard InChI is InChI=1S/C12H26O/c1-7-11(3,4)9-13-10-12(5,6)8-2/h7-10H2,1-6H3. The first-order chi connectivity index (χ1) is 5.83. The second kappa shape index (κ2) is 4.99. The van der Waals surface area contributed by atoms with Gasteiger partial charge in [0.15, 0.2) is 0 Å². The van der Waals surface area contributed by atoms with Crippen LogP contribution >= 0.6 is 0 Å². The van der Waals surface area contributed by atoms with Crippen molar-refractivity contribution in [3.63, 3.8) is 0 Å². The van der Waals surface area contributed by atoms with Gasteiger partial charge in [0.2, 0.25) is 0 Å². The lowest BCUT2D eigenvalue weighted by molar-refractivity contribution is 0.0128. The van der Waals surface area contributed by atoms with Gasteiger partial charge >= 0.3 is 0 Å². The molecule has 0 atom stereocenters. The Labute approximate surface area is 83.9 Å². The average Bonchev–Trinajstić information content (AvgIpc) is 2.04. The van der Waals surface area contributed by atoms with Crippen LogP contribution < -0.4 is 0 Å².